The molecule has 3 heterocycles. The van der Waals surface area contributed by atoms with Crippen LogP contribution in [-0.2, 0) is 13.1 Å². The van der Waals surface area contributed by atoms with Gasteiger partial charge >= 0.3 is 0 Å². The molecule has 0 radical (unpaired) electrons. The standard InChI is InChI=1S/C24H26N6/c1-15-5-6-23-20(9-15)12-28-30(23)14-21-11-19(7-8-26-21)17(3)27-13-22-16(2)10-24(25)29-18(22)4/h5-12,27H,3,13-14H2,1-2,4H3,(H2,25,29). The molecule has 0 bridgehead atoms. The Hall–Kier alpha value is -3.67. The van der Waals surface area contributed by atoms with Crippen LogP contribution in [0.15, 0.2) is 55.4 Å². The summed E-state index contributed by atoms with van der Waals surface area (Å²) in [5.41, 5.74) is 14.1. The summed E-state index contributed by atoms with van der Waals surface area (Å²) in [6.07, 6.45) is 3.71. The maximum atomic E-state index is 5.83. The Bertz CT molecular complexity index is 1210. The molecule has 1 aromatic carbocycles. The van der Waals surface area contributed by atoms with Gasteiger partial charge < -0.3 is 11.1 Å². The molecule has 0 fully saturated rings. The molecule has 0 aliphatic carbocycles. The lowest BCUT2D eigenvalue weighted by molar-refractivity contribution is 0.696. The minimum absolute atomic E-state index is 0.549. The van der Waals surface area contributed by atoms with Crippen molar-refractivity contribution in [3.8, 4) is 0 Å². The van der Waals surface area contributed by atoms with Crippen LogP contribution in [-0.4, -0.2) is 19.7 Å². The highest BCUT2D eigenvalue weighted by molar-refractivity contribution is 5.79. The van der Waals surface area contributed by atoms with Gasteiger partial charge in [-0.15, -0.1) is 0 Å². The summed E-state index contributed by atoms with van der Waals surface area (Å²) in [5.74, 6) is 0.549. The number of nitrogens with two attached hydrogens (primary N) is 1. The normalized spacial score (nSPS) is 11.0. The topological polar surface area (TPSA) is 81.6 Å². The van der Waals surface area contributed by atoms with Crippen LogP contribution in [0.25, 0.3) is 16.6 Å². The second-order valence-corrected chi connectivity index (χ2v) is 7.66. The summed E-state index contributed by atoms with van der Waals surface area (Å²) in [7, 11) is 0. The lowest BCUT2D eigenvalue weighted by atomic mass is 10.1. The molecule has 4 aromatic rings. The van der Waals surface area contributed by atoms with Crippen molar-refractivity contribution in [3.63, 3.8) is 0 Å². The van der Waals surface area contributed by atoms with Gasteiger partial charge in [0.05, 0.1) is 24.0 Å². The molecule has 6 nitrogen and oxygen atoms in total. The Morgan fingerprint density at radius 3 is 2.77 bits per heavy atom. The van der Waals surface area contributed by atoms with Gasteiger partial charge in [-0.05, 0) is 62.2 Å². The van der Waals surface area contributed by atoms with E-state index < -0.39 is 0 Å². The van der Waals surface area contributed by atoms with E-state index in [1.165, 1.54) is 5.56 Å². The minimum Gasteiger partial charge on any atom is -0.384 e. The number of hydrogen-bond acceptors (Lipinski definition) is 5. The van der Waals surface area contributed by atoms with E-state index in [0.29, 0.717) is 18.9 Å². The third kappa shape index (κ3) is 4.03. The van der Waals surface area contributed by atoms with E-state index in [1.807, 2.05) is 43.1 Å². The first kappa shape index (κ1) is 19.6. The van der Waals surface area contributed by atoms with Crippen molar-refractivity contribution >= 4 is 22.4 Å². The Morgan fingerprint density at radius 2 is 1.97 bits per heavy atom. The number of aromatic nitrogens is 4. The maximum absolute atomic E-state index is 5.83. The molecule has 0 aliphatic heterocycles. The largest absolute Gasteiger partial charge is 0.384 e. The lowest BCUT2D eigenvalue weighted by Crippen LogP contribution is -2.14. The van der Waals surface area contributed by atoms with Crippen molar-refractivity contribution in [2.75, 3.05) is 5.73 Å². The van der Waals surface area contributed by atoms with Crippen LogP contribution in [0.3, 0.4) is 0 Å². The summed E-state index contributed by atoms with van der Waals surface area (Å²) >= 11 is 0. The Morgan fingerprint density at radius 1 is 1.13 bits per heavy atom. The van der Waals surface area contributed by atoms with Crippen molar-refractivity contribution in [1.29, 1.82) is 0 Å². The van der Waals surface area contributed by atoms with Crippen molar-refractivity contribution < 1.29 is 0 Å². The fraction of sp³-hybridized carbons (Fsp3) is 0.208. The highest BCUT2D eigenvalue weighted by Gasteiger charge is 2.09. The van der Waals surface area contributed by atoms with Crippen LogP contribution in [0, 0.1) is 20.8 Å². The van der Waals surface area contributed by atoms with Gasteiger partial charge in [-0.25, -0.2) is 4.98 Å². The number of nitrogens with zero attached hydrogens (tertiary/aromatic N) is 4. The summed E-state index contributed by atoms with van der Waals surface area (Å²) < 4.78 is 1.98. The number of hydrogen-bond donors (Lipinski definition) is 2. The van der Waals surface area contributed by atoms with Crippen LogP contribution in [0.4, 0.5) is 5.82 Å². The number of anilines is 1. The van der Waals surface area contributed by atoms with Crippen LogP contribution in [0.1, 0.15) is 33.6 Å². The van der Waals surface area contributed by atoms with Crippen LogP contribution >= 0.6 is 0 Å². The number of fused-ring (bicyclic) bond motifs is 1. The monoisotopic (exact) mass is 398 g/mol. The molecule has 30 heavy (non-hydrogen) atoms. The predicted octanol–water partition coefficient (Wildman–Crippen LogP) is 4.14. The van der Waals surface area contributed by atoms with E-state index in [2.05, 4.69) is 58.2 Å². The molecule has 0 aliphatic rings. The fourth-order valence-electron chi connectivity index (χ4n) is 3.69. The Kier molecular flexibility index (Phi) is 5.23. The quantitative estimate of drug-likeness (QED) is 0.510. The third-order valence-corrected chi connectivity index (χ3v) is 5.33. The molecule has 0 atom stereocenters. The first-order valence-corrected chi connectivity index (χ1v) is 9.93. The number of nitrogens with one attached hydrogen (secondary N) is 1. The second-order valence-electron chi connectivity index (χ2n) is 7.66. The molecule has 6 heteroatoms. The fourth-order valence-corrected chi connectivity index (χ4v) is 3.69. The molecular weight excluding hydrogens is 372 g/mol. The van der Waals surface area contributed by atoms with Crippen LogP contribution < -0.4 is 11.1 Å². The molecule has 0 unspecified atom stereocenters. The van der Waals surface area contributed by atoms with E-state index >= 15 is 0 Å². The predicted molar refractivity (Wildman–Crippen MR) is 122 cm³/mol. The molecule has 0 spiro atoms. The van der Waals surface area contributed by atoms with Crippen LogP contribution in [0.2, 0.25) is 0 Å². The molecule has 0 saturated heterocycles. The summed E-state index contributed by atoms with van der Waals surface area (Å²) in [6.45, 7) is 11.6. The first-order valence-electron chi connectivity index (χ1n) is 9.93. The Balaban J connectivity index is 1.49. The number of aryl methyl sites for hydroxylation is 3. The number of pyridine rings is 2. The zero-order valence-electron chi connectivity index (χ0n) is 17.6. The average Bonchev–Trinajstić information content (AvgIpc) is 3.09. The highest BCUT2D eigenvalue weighted by atomic mass is 15.3. The third-order valence-electron chi connectivity index (χ3n) is 5.33. The van der Waals surface area contributed by atoms with Crippen molar-refractivity contribution in [1.82, 2.24) is 25.1 Å². The first-order chi connectivity index (χ1) is 14.4. The van der Waals surface area contributed by atoms with Crippen molar-refractivity contribution in [2.24, 2.45) is 0 Å². The molecular formula is C24H26N6. The van der Waals surface area contributed by atoms with Gasteiger partial charge in [-0.2, -0.15) is 5.10 Å². The zero-order valence-corrected chi connectivity index (χ0v) is 17.6. The van der Waals surface area contributed by atoms with Gasteiger partial charge in [0.2, 0.25) is 0 Å². The lowest BCUT2D eigenvalue weighted by Gasteiger charge is -2.14. The van der Waals surface area contributed by atoms with Crippen molar-refractivity contribution in [2.45, 2.75) is 33.9 Å². The van der Waals surface area contributed by atoms with Crippen LogP contribution in [0.5, 0.6) is 0 Å². The zero-order chi connectivity index (χ0) is 21.3. The van der Waals surface area contributed by atoms with E-state index in [9.17, 15) is 0 Å². The molecule has 3 aromatic heterocycles. The minimum atomic E-state index is 0.549. The maximum Gasteiger partial charge on any atom is 0.123 e. The highest BCUT2D eigenvalue weighted by Crippen LogP contribution is 2.19. The van der Waals surface area contributed by atoms with Crippen molar-refractivity contribution in [3.05, 3.63) is 89.0 Å². The molecule has 152 valence electrons. The van der Waals surface area contributed by atoms with Gasteiger partial charge in [-0.3, -0.25) is 9.67 Å². The molecule has 3 N–H and O–H groups in total. The van der Waals surface area contributed by atoms with E-state index in [-0.39, 0.29) is 0 Å². The second kappa shape index (κ2) is 7.99. The number of nitrogen functional groups attached to an aromatic ring is 1. The number of rotatable bonds is 6. The summed E-state index contributed by atoms with van der Waals surface area (Å²) in [6, 6.07) is 12.3. The summed E-state index contributed by atoms with van der Waals surface area (Å²) in [5, 5.41) is 9.08. The van der Waals surface area contributed by atoms with Gasteiger partial charge in [0.15, 0.2) is 0 Å². The SMILES string of the molecule is C=C(NCc1c(C)cc(N)nc1C)c1ccnc(Cn2ncc3cc(C)ccc32)c1. The van der Waals surface area contributed by atoms with Gasteiger partial charge in [0.25, 0.3) is 0 Å². The molecule has 0 saturated carbocycles. The van der Waals surface area contributed by atoms with E-state index in [4.69, 9.17) is 5.73 Å². The molecule has 0 amide bonds. The summed E-state index contributed by atoms with van der Waals surface area (Å²) in [4.78, 5) is 8.88. The van der Waals surface area contributed by atoms with Gasteiger partial charge in [0.1, 0.15) is 5.82 Å². The van der Waals surface area contributed by atoms with Gasteiger partial charge in [0, 0.05) is 35.1 Å². The van der Waals surface area contributed by atoms with E-state index in [0.717, 1.165) is 44.7 Å². The molecule has 4 rings (SSSR count). The number of benzene rings is 1. The smallest absolute Gasteiger partial charge is 0.123 e. The van der Waals surface area contributed by atoms with E-state index in [1.54, 1.807) is 0 Å². The average molecular weight is 399 g/mol. The van der Waals surface area contributed by atoms with Gasteiger partial charge in [-0.1, -0.05) is 18.2 Å². The Labute approximate surface area is 176 Å².